The van der Waals surface area contributed by atoms with Crippen molar-refractivity contribution in [1.29, 1.82) is 0 Å². The van der Waals surface area contributed by atoms with Gasteiger partial charge in [-0.3, -0.25) is 9.59 Å². The van der Waals surface area contributed by atoms with Gasteiger partial charge in [0, 0.05) is 33.3 Å². The van der Waals surface area contributed by atoms with Crippen molar-refractivity contribution in [1.82, 2.24) is 0 Å². The van der Waals surface area contributed by atoms with Crippen molar-refractivity contribution < 1.29 is 27.9 Å². The minimum Gasteiger partial charge on any atom is -0.372 e. The fourth-order valence-corrected chi connectivity index (χ4v) is 4.69. The second-order valence-electron chi connectivity index (χ2n) is 7.83. The minimum absolute atomic E-state index is 0.0754. The Balaban J connectivity index is 2.03. The Kier molecular flexibility index (Phi) is 5.23. The van der Waals surface area contributed by atoms with E-state index < -0.39 is 40.3 Å². The molecular weight excluding hydrogens is 456 g/mol. The zero-order valence-corrected chi connectivity index (χ0v) is 17.5. The lowest BCUT2D eigenvalue weighted by Gasteiger charge is -2.31. The van der Waals surface area contributed by atoms with E-state index in [0.717, 1.165) is 30.2 Å². The number of hydrogen-bond donors (Lipinski definition) is 2. The Labute approximate surface area is 185 Å². The van der Waals surface area contributed by atoms with Gasteiger partial charge in [-0.15, -0.1) is 0 Å². The van der Waals surface area contributed by atoms with Crippen LogP contribution in [0.1, 0.15) is 46.3 Å². The van der Waals surface area contributed by atoms with E-state index in [1.165, 1.54) is 18.2 Å². The average Bonchev–Trinajstić information content (AvgIpc) is 2.85. The normalized spacial score (nSPS) is 21.2. The van der Waals surface area contributed by atoms with Gasteiger partial charge >= 0.3 is 6.18 Å². The number of nitrogens with two attached hydrogens (primary N) is 1. The summed E-state index contributed by atoms with van der Waals surface area (Å²) in [4.78, 5) is 26.3. The molecule has 4 rings (SSSR count). The van der Waals surface area contributed by atoms with Crippen LogP contribution in [0.2, 0.25) is 10.0 Å². The molecule has 164 valence electrons. The Morgan fingerprint density at radius 1 is 1.23 bits per heavy atom. The number of nitrogens with zero attached hydrogens (tertiary/aromatic N) is 1. The minimum atomic E-state index is -4.98. The fraction of sp³-hybridized carbons (Fsp3) is 0.333. The highest BCUT2D eigenvalue weighted by Crippen LogP contribution is 2.52. The molecule has 1 heterocycles. The highest BCUT2D eigenvalue weighted by Gasteiger charge is 2.57. The first-order valence-electron chi connectivity index (χ1n) is 9.50. The van der Waals surface area contributed by atoms with Crippen molar-refractivity contribution in [2.24, 2.45) is 11.7 Å². The van der Waals surface area contributed by atoms with Crippen molar-refractivity contribution in [2.75, 3.05) is 11.4 Å². The number of alkyl halides is 3. The fourth-order valence-electron chi connectivity index (χ4n) is 4.14. The second kappa shape index (κ2) is 7.39. The maximum absolute atomic E-state index is 14.1. The molecule has 2 aromatic rings. The third kappa shape index (κ3) is 3.46. The molecule has 0 saturated heterocycles. The molecule has 0 bridgehead atoms. The molecule has 0 aromatic heterocycles. The quantitative estimate of drug-likeness (QED) is 0.687. The van der Waals surface area contributed by atoms with E-state index in [4.69, 9.17) is 28.9 Å². The van der Waals surface area contributed by atoms with E-state index in [2.05, 4.69) is 0 Å². The summed E-state index contributed by atoms with van der Waals surface area (Å²) in [6, 6.07) is 5.46. The van der Waals surface area contributed by atoms with Crippen LogP contribution in [-0.2, 0) is 16.6 Å². The van der Waals surface area contributed by atoms with Crippen LogP contribution in [0, 0.1) is 5.92 Å². The summed E-state index contributed by atoms with van der Waals surface area (Å²) in [5, 5.41) is 11.6. The topological polar surface area (TPSA) is 83.6 Å². The smallest absolute Gasteiger partial charge is 0.372 e. The predicted octanol–water partition coefficient (Wildman–Crippen LogP) is 4.49. The van der Waals surface area contributed by atoms with Gasteiger partial charge in [-0.1, -0.05) is 35.7 Å². The molecule has 3 N–H and O–H groups in total. The van der Waals surface area contributed by atoms with Crippen LogP contribution in [0.25, 0.3) is 0 Å². The summed E-state index contributed by atoms with van der Waals surface area (Å²) in [7, 11) is 0. The maximum atomic E-state index is 14.1. The van der Waals surface area contributed by atoms with Gasteiger partial charge < -0.3 is 15.7 Å². The number of carbonyl (C=O) groups excluding carboxylic acids is 2. The monoisotopic (exact) mass is 472 g/mol. The average molecular weight is 473 g/mol. The van der Waals surface area contributed by atoms with Crippen LogP contribution in [0.4, 0.5) is 18.9 Å². The van der Waals surface area contributed by atoms with Crippen molar-refractivity contribution in [3.8, 4) is 0 Å². The third-order valence-electron chi connectivity index (χ3n) is 5.90. The van der Waals surface area contributed by atoms with Gasteiger partial charge in [0.1, 0.15) is 0 Å². The Morgan fingerprint density at radius 3 is 2.42 bits per heavy atom. The van der Waals surface area contributed by atoms with Gasteiger partial charge in [-0.25, -0.2) is 0 Å². The zero-order valence-electron chi connectivity index (χ0n) is 16.0. The van der Waals surface area contributed by atoms with Gasteiger partial charge in [0.05, 0.1) is 11.3 Å². The molecule has 1 aliphatic carbocycles. The Hall–Kier alpha value is -2.29. The summed E-state index contributed by atoms with van der Waals surface area (Å²) in [6.45, 7) is 0.110. The number of fused-ring (bicyclic) bond motifs is 1. The first-order valence-corrected chi connectivity index (χ1v) is 10.3. The number of primary amides is 1. The van der Waals surface area contributed by atoms with E-state index in [1.807, 2.05) is 0 Å². The summed E-state index contributed by atoms with van der Waals surface area (Å²) in [5.41, 5.74) is -0.284. The molecule has 0 radical (unpaired) electrons. The number of carbonyl (C=O) groups is 2. The lowest BCUT2D eigenvalue weighted by Crippen LogP contribution is -2.44. The molecule has 1 unspecified atom stereocenters. The van der Waals surface area contributed by atoms with Gasteiger partial charge in [0.15, 0.2) is 5.60 Å². The second-order valence-corrected chi connectivity index (χ2v) is 8.67. The molecular formula is C21H17Cl2F3N2O3. The first-order chi connectivity index (χ1) is 14.4. The van der Waals surface area contributed by atoms with Gasteiger partial charge in [-0.2, -0.15) is 13.2 Å². The number of rotatable bonds is 4. The summed E-state index contributed by atoms with van der Waals surface area (Å²) in [5.74, 6) is -1.97. The molecule has 2 amide bonds. The van der Waals surface area contributed by atoms with Crippen LogP contribution in [0.3, 0.4) is 0 Å². The molecule has 1 atom stereocenters. The number of aliphatic hydroxyl groups is 1. The molecule has 0 spiro atoms. The number of benzene rings is 2. The van der Waals surface area contributed by atoms with E-state index in [1.54, 1.807) is 0 Å². The third-order valence-corrected chi connectivity index (χ3v) is 6.45. The lowest BCUT2D eigenvalue weighted by molar-refractivity contribution is -0.142. The highest BCUT2D eigenvalue weighted by molar-refractivity contribution is 6.35. The SMILES string of the molecule is NC(=O)c1cc2c(c(C(F)(F)F)c1)C(O)(c1ccc(Cl)cc1Cl)C(=O)N2CC1CCC1. The Morgan fingerprint density at radius 2 is 1.90 bits per heavy atom. The molecule has 2 aliphatic rings. The molecule has 1 fully saturated rings. The molecule has 5 nitrogen and oxygen atoms in total. The van der Waals surface area contributed by atoms with Crippen molar-refractivity contribution in [3.63, 3.8) is 0 Å². The largest absolute Gasteiger partial charge is 0.416 e. The Bertz CT molecular complexity index is 1100. The number of anilines is 1. The molecule has 10 heteroatoms. The van der Waals surface area contributed by atoms with Gasteiger partial charge in [0.2, 0.25) is 5.91 Å². The molecule has 2 aromatic carbocycles. The standard InChI is InChI=1S/C21H17Cl2F3N2O3/c22-12-4-5-13(15(23)8-12)20(31)17-14(21(24,25)26)6-11(18(27)29)7-16(17)28(19(20)30)9-10-2-1-3-10/h4-8,10,31H,1-3,9H2,(H2,27,29). The number of amides is 2. The van der Waals surface area contributed by atoms with Crippen LogP contribution >= 0.6 is 23.2 Å². The predicted molar refractivity (Wildman–Crippen MR) is 109 cm³/mol. The van der Waals surface area contributed by atoms with Crippen LogP contribution in [-0.4, -0.2) is 23.5 Å². The lowest BCUT2D eigenvalue weighted by atomic mass is 9.83. The zero-order chi connectivity index (χ0) is 22.7. The maximum Gasteiger partial charge on any atom is 0.416 e. The van der Waals surface area contributed by atoms with Crippen molar-refractivity contribution in [2.45, 2.75) is 31.0 Å². The molecule has 31 heavy (non-hydrogen) atoms. The van der Waals surface area contributed by atoms with Crippen LogP contribution in [0.5, 0.6) is 0 Å². The summed E-state index contributed by atoms with van der Waals surface area (Å²) >= 11 is 12.1. The van der Waals surface area contributed by atoms with Crippen molar-refractivity contribution >= 4 is 40.7 Å². The van der Waals surface area contributed by atoms with E-state index in [0.29, 0.717) is 6.07 Å². The van der Waals surface area contributed by atoms with E-state index >= 15 is 0 Å². The van der Waals surface area contributed by atoms with Crippen molar-refractivity contribution in [3.05, 3.63) is 62.6 Å². The van der Waals surface area contributed by atoms with Crippen LogP contribution < -0.4 is 10.6 Å². The molecule has 1 aliphatic heterocycles. The number of hydrogen-bond acceptors (Lipinski definition) is 3. The van der Waals surface area contributed by atoms with E-state index in [-0.39, 0.29) is 33.8 Å². The van der Waals surface area contributed by atoms with Crippen LogP contribution in [0.15, 0.2) is 30.3 Å². The number of halogens is 5. The van der Waals surface area contributed by atoms with Gasteiger partial charge in [0.25, 0.3) is 5.91 Å². The highest BCUT2D eigenvalue weighted by atomic mass is 35.5. The first kappa shape index (κ1) is 21.9. The summed E-state index contributed by atoms with van der Waals surface area (Å²) in [6.07, 6.45) is -2.42. The molecule has 1 saturated carbocycles. The summed E-state index contributed by atoms with van der Waals surface area (Å²) < 4.78 is 42.2. The van der Waals surface area contributed by atoms with E-state index in [9.17, 15) is 27.9 Å². The van der Waals surface area contributed by atoms with Gasteiger partial charge in [-0.05, 0) is 43.0 Å².